The maximum atomic E-state index is 13.2. The molecule has 2 aliphatic rings. The SMILES string of the molecule is CS(=O)(=O)c1ccc(NC(=O)C2CCC(C(=O)N3CCCc4cc(Cl)cc(Cl)c43)O2)c(Cl)c1. The third-order valence-corrected chi connectivity index (χ3v) is 7.61. The van der Waals surface area contributed by atoms with E-state index in [1.54, 1.807) is 11.0 Å². The summed E-state index contributed by atoms with van der Waals surface area (Å²) in [4.78, 5) is 27.6. The van der Waals surface area contributed by atoms with Gasteiger partial charge in [0.25, 0.3) is 11.8 Å². The average molecular weight is 532 g/mol. The average Bonchev–Trinajstić information content (AvgIpc) is 3.23. The van der Waals surface area contributed by atoms with Crippen LogP contribution < -0.4 is 10.2 Å². The molecule has 7 nitrogen and oxygen atoms in total. The van der Waals surface area contributed by atoms with Crippen LogP contribution in [-0.2, 0) is 30.6 Å². The number of hydrogen-bond donors (Lipinski definition) is 1. The van der Waals surface area contributed by atoms with Gasteiger partial charge in [-0.25, -0.2) is 8.42 Å². The maximum Gasteiger partial charge on any atom is 0.256 e. The van der Waals surface area contributed by atoms with Gasteiger partial charge in [-0.3, -0.25) is 9.59 Å². The lowest BCUT2D eigenvalue weighted by atomic mass is 10.0. The van der Waals surface area contributed by atoms with Crippen molar-refractivity contribution in [3.63, 3.8) is 0 Å². The van der Waals surface area contributed by atoms with Crippen molar-refractivity contribution < 1.29 is 22.7 Å². The molecule has 0 saturated carbocycles. The van der Waals surface area contributed by atoms with Crippen LogP contribution in [0.5, 0.6) is 0 Å². The summed E-state index contributed by atoms with van der Waals surface area (Å²) in [5.41, 5.74) is 1.82. The van der Waals surface area contributed by atoms with Crippen molar-refractivity contribution in [2.24, 2.45) is 0 Å². The number of sulfone groups is 1. The molecule has 11 heteroatoms. The molecule has 2 atom stereocenters. The van der Waals surface area contributed by atoms with Crippen molar-refractivity contribution in [3.8, 4) is 0 Å². The number of carbonyl (C=O) groups is 2. The number of rotatable bonds is 4. The fraction of sp³-hybridized carbons (Fsp3) is 0.364. The molecule has 0 spiro atoms. The minimum Gasteiger partial charge on any atom is -0.355 e. The number of carbonyl (C=O) groups excluding carboxylic acids is 2. The molecule has 0 radical (unpaired) electrons. The van der Waals surface area contributed by atoms with E-state index in [1.165, 1.54) is 18.2 Å². The summed E-state index contributed by atoms with van der Waals surface area (Å²) < 4.78 is 29.1. The first-order chi connectivity index (χ1) is 15.5. The van der Waals surface area contributed by atoms with Crippen molar-refractivity contribution in [3.05, 3.63) is 51.0 Å². The highest BCUT2D eigenvalue weighted by Crippen LogP contribution is 2.38. The number of halogens is 3. The Morgan fingerprint density at radius 1 is 1.06 bits per heavy atom. The fourth-order valence-corrected chi connectivity index (χ4v) is 5.68. The molecule has 0 aliphatic carbocycles. The second kappa shape index (κ2) is 9.43. The van der Waals surface area contributed by atoms with Crippen molar-refractivity contribution >= 4 is 67.8 Å². The predicted octanol–water partition coefficient (Wildman–Crippen LogP) is 4.52. The second-order valence-electron chi connectivity index (χ2n) is 8.08. The van der Waals surface area contributed by atoms with Gasteiger partial charge in [-0.2, -0.15) is 0 Å². The van der Waals surface area contributed by atoms with Gasteiger partial charge in [-0.15, -0.1) is 0 Å². The monoisotopic (exact) mass is 530 g/mol. The molecule has 2 aromatic carbocycles. The summed E-state index contributed by atoms with van der Waals surface area (Å²) in [6, 6.07) is 7.48. The quantitative estimate of drug-likeness (QED) is 0.626. The van der Waals surface area contributed by atoms with Crippen molar-refractivity contribution in [2.45, 2.75) is 42.8 Å². The van der Waals surface area contributed by atoms with Gasteiger partial charge in [0, 0.05) is 17.8 Å². The zero-order valence-electron chi connectivity index (χ0n) is 17.6. The molecule has 2 amide bonds. The number of anilines is 2. The summed E-state index contributed by atoms with van der Waals surface area (Å²) in [6.45, 7) is 0.506. The normalized spacial score (nSPS) is 20.4. The van der Waals surface area contributed by atoms with Crippen LogP contribution in [0.15, 0.2) is 35.2 Å². The standard InChI is InChI=1S/C22H21Cl3N2O5S/c1-33(30,31)14-4-5-17(15(24)11-14)26-21(28)18-6-7-19(32-18)22(29)27-8-2-3-12-9-13(23)10-16(25)20(12)27/h4-5,9-11,18-19H,2-3,6-8H2,1H3,(H,26,28). The molecule has 33 heavy (non-hydrogen) atoms. The Bertz CT molecular complexity index is 1230. The van der Waals surface area contributed by atoms with E-state index in [1.807, 2.05) is 6.07 Å². The van der Waals surface area contributed by atoms with Crippen LogP contribution in [0, 0.1) is 0 Å². The van der Waals surface area contributed by atoms with E-state index in [-0.39, 0.29) is 21.5 Å². The first-order valence-corrected chi connectivity index (χ1v) is 13.3. The lowest BCUT2D eigenvalue weighted by molar-refractivity contribution is -0.135. The Hall–Kier alpha value is -1.84. The second-order valence-corrected chi connectivity index (χ2v) is 11.3. The number of nitrogens with zero attached hydrogens (tertiary/aromatic N) is 1. The molecular weight excluding hydrogens is 511 g/mol. The van der Waals surface area contributed by atoms with Gasteiger partial charge in [0.05, 0.1) is 26.3 Å². The molecule has 4 rings (SSSR count). The lowest BCUT2D eigenvalue weighted by Gasteiger charge is -2.32. The van der Waals surface area contributed by atoms with Crippen LogP contribution in [0.25, 0.3) is 0 Å². The highest BCUT2D eigenvalue weighted by Gasteiger charge is 2.39. The molecule has 2 aliphatic heterocycles. The third-order valence-electron chi connectivity index (χ3n) is 5.68. The number of hydrogen-bond acceptors (Lipinski definition) is 5. The fourth-order valence-electron chi connectivity index (χ4n) is 4.10. The number of aryl methyl sites for hydroxylation is 1. The van der Waals surface area contributed by atoms with Crippen molar-refractivity contribution in [1.82, 2.24) is 0 Å². The predicted molar refractivity (Wildman–Crippen MR) is 128 cm³/mol. The first kappa shape index (κ1) is 24.3. The Labute approximate surface area is 206 Å². The summed E-state index contributed by atoms with van der Waals surface area (Å²) >= 11 is 18.6. The molecular formula is C22H21Cl3N2O5S. The Morgan fingerprint density at radius 2 is 1.79 bits per heavy atom. The number of amides is 2. The summed E-state index contributed by atoms with van der Waals surface area (Å²) in [6.07, 6.45) is 1.74. The van der Waals surface area contributed by atoms with Crippen LogP contribution in [0.4, 0.5) is 11.4 Å². The topological polar surface area (TPSA) is 92.8 Å². The van der Waals surface area contributed by atoms with Gasteiger partial charge in [-0.05, 0) is 61.6 Å². The van der Waals surface area contributed by atoms with Crippen molar-refractivity contribution in [2.75, 3.05) is 23.0 Å². The van der Waals surface area contributed by atoms with Crippen LogP contribution in [0.2, 0.25) is 15.1 Å². The Morgan fingerprint density at radius 3 is 2.48 bits per heavy atom. The lowest BCUT2D eigenvalue weighted by Crippen LogP contribution is -2.43. The minimum atomic E-state index is -3.42. The van der Waals surface area contributed by atoms with Crippen LogP contribution >= 0.6 is 34.8 Å². The first-order valence-electron chi connectivity index (χ1n) is 10.3. The maximum absolute atomic E-state index is 13.2. The van der Waals surface area contributed by atoms with Gasteiger partial charge in [0.1, 0.15) is 12.2 Å². The summed E-state index contributed by atoms with van der Waals surface area (Å²) in [5, 5.41) is 3.67. The zero-order chi connectivity index (χ0) is 23.9. The zero-order valence-corrected chi connectivity index (χ0v) is 20.7. The molecule has 2 heterocycles. The van der Waals surface area contributed by atoms with Gasteiger partial charge in [0.2, 0.25) is 0 Å². The van der Waals surface area contributed by atoms with Crippen molar-refractivity contribution in [1.29, 1.82) is 0 Å². The van der Waals surface area contributed by atoms with Crippen LogP contribution in [0.3, 0.4) is 0 Å². The summed E-state index contributed by atoms with van der Waals surface area (Å²) in [5.74, 6) is -0.700. The number of benzene rings is 2. The molecule has 176 valence electrons. The van der Waals surface area contributed by atoms with E-state index >= 15 is 0 Å². The highest BCUT2D eigenvalue weighted by molar-refractivity contribution is 7.90. The largest absolute Gasteiger partial charge is 0.355 e. The third kappa shape index (κ3) is 5.15. The van der Waals surface area contributed by atoms with Gasteiger partial charge < -0.3 is 15.0 Å². The van der Waals surface area contributed by atoms with E-state index in [9.17, 15) is 18.0 Å². The molecule has 1 saturated heterocycles. The van der Waals surface area contributed by atoms with E-state index in [4.69, 9.17) is 39.5 Å². The summed E-state index contributed by atoms with van der Waals surface area (Å²) in [7, 11) is -3.42. The number of fused-ring (bicyclic) bond motifs is 1. The minimum absolute atomic E-state index is 0.0510. The molecule has 1 N–H and O–H groups in total. The van der Waals surface area contributed by atoms with Gasteiger partial charge in [-0.1, -0.05) is 34.8 Å². The smallest absolute Gasteiger partial charge is 0.256 e. The van der Waals surface area contributed by atoms with Gasteiger partial charge >= 0.3 is 0 Å². The number of nitrogens with one attached hydrogen (secondary N) is 1. The molecule has 1 fully saturated rings. The van der Waals surface area contributed by atoms with E-state index in [0.717, 1.165) is 24.7 Å². The Balaban J connectivity index is 1.44. The van der Waals surface area contributed by atoms with Crippen LogP contribution in [-0.4, -0.2) is 45.2 Å². The highest BCUT2D eigenvalue weighted by atomic mass is 35.5. The Kier molecular flexibility index (Phi) is 6.94. The van der Waals surface area contributed by atoms with E-state index in [2.05, 4.69) is 5.32 Å². The van der Waals surface area contributed by atoms with E-state index < -0.39 is 28.0 Å². The van der Waals surface area contributed by atoms with Crippen LogP contribution in [0.1, 0.15) is 24.8 Å². The molecule has 0 aromatic heterocycles. The van der Waals surface area contributed by atoms with E-state index in [0.29, 0.717) is 35.1 Å². The molecule has 2 aromatic rings. The molecule has 0 bridgehead atoms. The molecule has 2 unspecified atom stereocenters. The number of ether oxygens (including phenoxy) is 1. The van der Waals surface area contributed by atoms with Gasteiger partial charge in [0.15, 0.2) is 9.84 Å².